The van der Waals surface area contributed by atoms with Crippen LogP contribution in [0.15, 0.2) is 42.5 Å². The van der Waals surface area contributed by atoms with E-state index in [1.807, 2.05) is 6.07 Å². The first kappa shape index (κ1) is 22.6. The van der Waals surface area contributed by atoms with Crippen LogP contribution in [-0.2, 0) is 9.53 Å². The van der Waals surface area contributed by atoms with Crippen molar-refractivity contribution in [2.24, 2.45) is 5.92 Å². The quantitative estimate of drug-likeness (QED) is 0.651. The Kier molecular flexibility index (Phi) is 7.46. The number of hydrogen-bond acceptors (Lipinski definition) is 5. The standard InChI is InChI=1S/C23H27FN2O5/c1-29-11-10-25-22(27)19-14-26(23(28)16-6-4-5-7-20(16)24)13-18(19)17-12-15(30-2)8-9-21(17)31-3/h4-9,12,18-19H,10-11,13-14H2,1-3H3,(H,25,27). The average molecular weight is 430 g/mol. The fourth-order valence-corrected chi connectivity index (χ4v) is 3.89. The molecule has 2 amide bonds. The molecule has 1 aliphatic rings. The molecule has 166 valence electrons. The zero-order chi connectivity index (χ0) is 22.4. The number of benzene rings is 2. The molecular formula is C23H27FN2O5. The lowest BCUT2D eigenvalue weighted by atomic mass is 9.87. The highest BCUT2D eigenvalue weighted by atomic mass is 19.1. The van der Waals surface area contributed by atoms with Crippen LogP contribution in [0.1, 0.15) is 21.8 Å². The van der Waals surface area contributed by atoms with Crippen molar-refractivity contribution in [3.05, 3.63) is 59.4 Å². The van der Waals surface area contributed by atoms with Crippen molar-refractivity contribution < 1.29 is 28.2 Å². The van der Waals surface area contributed by atoms with Gasteiger partial charge in [0.1, 0.15) is 17.3 Å². The van der Waals surface area contributed by atoms with E-state index < -0.39 is 17.6 Å². The molecule has 1 fully saturated rings. The van der Waals surface area contributed by atoms with Crippen LogP contribution in [0.3, 0.4) is 0 Å². The van der Waals surface area contributed by atoms with E-state index in [-0.39, 0.29) is 30.5 Å². The summed E-state index contributed by atoms with van der Waals surface area (Å²) < 4.78 is 30.1. The Balaban J connectivity index is 1.94. The van der Waals surface area contributed by atoms with E-state index in [0.717, 1.165) is 5.56 Å². The molecule has 1 heterocycles. The van der Waals surface area contributed by atoms with Crippen molar-refractivity contribution in [1.29, 1.82) is 0 Å². The lowest BCUT2D eigenvalue weighted by molar-refractivity contribution is -0.125. The van der Waals surface area contributed by atoms with Gasteiger partial charge in [0.05, 0.1) is 32.3 Å². The minimum Gasteiger partial charge on any atom is -0.497 e. The topological polar surface area (TPSA) is 77.1 Å². The Labute approximate surface area is 181 Å². The van der Waals surface area contributed by atoms with Crippen molar-refractivity contribution in [3.63, 3.8) is 0 Å². The third-order valence-electron chi connectivity index (χ3n) is 5.49. The average Bonchev–Trinajstić information content (AvgIpc) is 3.24. The molecule has 1 aliphatic heterocycles. The van der Waals surface area contributed by atoms with Crippen LogP contribution in [0.5, 0.6) is 11.5 Å². The number of ether oxygens (including phenoxy) is 3. The maximum atomic E-state index is 14.2. The molecule has 2 unspecified atom stereocenters. The molecule has 8 heteroatoms. The number of nitrogens with one attached hydrogen (secondary N) is 1. The van der Waals surface area contributed by atoms with E-state index >= 15 is 0 Å². The molecule has 7 nitrogen and oxygen atoms in total. The summed E-state index contributed by atoms with van der Waals surface area (Å²) in [5.41, 5.74) is 0.747. The van der Waals surface area contributed by atoms with Gasteiger partial charge >= 0.3 is 0 Å². The number of carbonyl (C=O) groups excluding carboxylic acids is 2. The summed E-state index contributed by atoms with van der Waals surface area (Å²) in [4.78, 5) is 27.5. The normalized spacial score (nSPS) is 18.0. The fourth-order valence-electron chi connectivity index (χ4n) is 3.89. The van der Waals surface area contributed by atoms with Crippen molar-refractivity contribution in [1.82, 2.24) is 10.2 Å². The smallest absolute Gasteiger partial charge is 0.256 e. The summed E-state index contributed by atoms with van der Waals surface area (Å²) in [7, 11) is 4.67. The second-order valence-electron chi connectivity index (χ2n) is 7.29. The lowest BCUT2D eigenvalue weighted by Gasteiger charge is -2.21. The SMILES string of the molecule is COCCNC(=O)C1CN(C(=O)c2ccccc2F)CC1c1cc(OC)ccc1OC. The van der Waals surface area contributed by atoms with Crippen molar-refractivity contribution >= 4 is 11.8 Å². The van der Waals surface area contributed by atoms with Crippen LogP contribution in [0.25, 0.3) is 0 Å². The fraction of sp³-hybridized carbons (Fsp3) is 0.391. The van der Waals surface area contributed by atoms with Gasteiger partial charge in [-0.15, -0.1) is 0 Å². The molecule has 2 atom stereocenters. The van der Waals surface area contributed by atoms with E-state index in [4.69, 9.17) is 14.2 Å². The number of likely N-dealkylation sites (tertiary alicyclic amines) is 1. The monoisotopic (exact) mass is 430 g/mol. The number of carbonyl (C=O) groups is 2. The third-order valence-corrected chi connectivity index (χ3v) is 5.49. The van der Waals surface area contributed by atoms with Gasteiger partial charge < -0.3 is 24.4 Å². The molecule has 0 radical (unpaired) electrons. The number of amides is 2. The number of rotatable bonds is 8. The van der Waals surface area contributed by atoms with Gasteiger partial charge in [0.15, 0.2) is 0 Å². The summed E-state index contributed by atoms with van der Waals surface area (Å²) in [6.45, 7) is 1.15. The summed E-state index contributed by atoms with van der Waals surface area (Å²) >= 11 is 0. The largest absolute Gasteiger partial charge is 0.497 e. The van der Waals surface area contributed by atoms with E-state index in [2.05, 4.69) is 5.32 Å². The summed E-state index contributed by atoms with van der Waals surface area (Å²) in [5.74, 6) is -0.894. The van der Waals surface area contributed by atoms with E-state index in [1.165, 1.54) is 23.1 Å². The zero-order valence-corrected chi connectivity index (χ0v) is 17.9. The first-order valence-corrected chi connectivity index (χ1v) is 10.0. The molecule has 3 rings (SSSR count). The van der Waals surface area contributed by atoms with Crippen LogP contribution in [-0.4, -0.2) is 64.3 Å². The molecule has 1 saturated heterocycles. The predicted molar refractivity (Wildman–Crippen MR) is 113 cm³/mol. The van der Waals surface area contributed by atoms with E-state index in [0.29, 0.717) is 24.7 Å². The molecule has 0 spiro atoms. The highest BCUT2D eigenvalue weighted by molar-refractivity contribution is 5.95. The van der Waals surface area contributed by atoms with Gasteiger partial charge in [-0.3, -0.25) is 9.59 Å². The first-order valence-electron chi connectivity index (χ1n) is 10.0. The van der Waals surface area contributed by atoms with Gasteiger partial charge in [-0.2, -0.15) is 0 Å². The van der Waals surface area contributed by atoms with Crippen molar-refractivity contribution in [2.45, 2.75) is 5.92 Å². The Morgan fingerprint density at radius 2 is 1.87 bits per heavy atom. The molecule has 0 saturated carbocycles. The zero-order valence-electron chi connectivity index (χ0n) is 17.9. The molecule has 2 aromatic rings. The van der Waals surface area contributed by atoms with Gasteiger partial charge in [0, 0.05) is 38.2 Å². The number of hydrogen-bond donors (Lipinski definition) is 1. The van der Waals surface area contributed by atoms with Crippen LogP contribution < -0.4 is 14.8 Å². The molecule has 2 aromatic carbocycles. The maximum Gasteiger partial charge on any atom is 0.256 e. The first-order chi connectivity index (χ1) is 15.0. The Bertz CT molecular complexity index is 936. The minimum absolute atomic E-state index is 0.0145. The van der Waals surface area contributed by atoms with E-state index in [1.54, 1.807) is 39.5 Å². The molecule has 31 heavy (non-hydrogen) atoms. The molecule has 0 bridgehead atoms. The molecule has 0 aliphatic carbocycles. The minimum atomic E-state index is -0.587. The van der Waals surface area contributed by atoms with Gasteiger partial charge in [-0.05, 0) is 30.3 Å². The molecule has 0 aromatic heterocycles. The highest BCUT2D eigenvalue weighted by Crippen LogP contribution is 2.40. The van der Waals surface area contributed by atoms with Crippen LogP contribution in [0, 0.1) is 11.7 Å². The Morgan fingerprint density at radius 3 is 2.55 bits per heavy atom. The summed E-state index contributed by atoms with van der Waals surface area (Å²) in [6.07, 6.45) is 0. The Hall–Kier alpha value is -3.13. The summed E-state index contributed by atoms with van der Waals surface area (Å²) in [6, 6.07) is 11.2. The number of methoxy groups -OCH3 is 3. The highest BCUT2D eigenvalue weighted by Gasteiger charge is 2.42. The second-order valence-corrected chi connectivity index (χ2v) is 7.29. The lowest BCUT2D eigenvalue weighted by Crippen LogP contribution is -2.37. The number of halogens is 1. The second kappa shape index (κ2) is 10.3. The third kappa shape index (κ3) is 4.96. The molecule has 1 N–H and O–H groups in total. The Morgan fingerprint density at radius 1 is 1.10 bits per heavy atom. The van der Waals surface area contributed by atoms with E-state index in [9.17, 15) is 14.0 Å². The summed E-state index contributed by atoms with van der Waals surface area (Å²) in [5, 5.41) is 2.85. The van der Waals surface area contributed by atoms with Crippen LogP contribution >= 0.6 is 0 Å². The van der Waals surface area contributed by atoms with Crippen LogP contribution in [0.4, 0.5) is 4.39 Å². The molecular weight excluding hydrogens is 403 g/mol. The van der Waals surface area contributed by atoms with Gasteiger partial charge in [0.25, 0.3) is 5.91 Å². The van der Waals surface area contributed by atoms with Gasteiger partial charge in [-0.25, -0.2) is 4.39 Å². The number of nitrogens with zero attached hydrogens (tertiary/aromatic N) is 1. The predicted octanol–water partition coefficient (Wildman–Crippen LogP) is 2.46. The maximum absolute atomic E-state index is 14.2. The van der Waals surface area contributed by atoms with Crippen LogP contribution in [0.2, 0.25) is 0 Å². The van der Waals surface area contributed by atoms with Crippen molar-refractivity contribution in [2.75, 3.05) is 47.6 Å². The van der Waals surface area contributed by atoms with Gasteiger partial charge in [0.2, 0.25) is 5.91 Å². The van der Waals surface area contributed by atoms with Gasteiger partial charge in [-0.1, -0.05) is 12.1 Å². The van der Waals surface area contributed by atoms with Crippen molar-refractivity contribution in [3.8, 4) is 11.5 Å².